The Labute approximate surface area is 120 Å². The number of carbonyl (C=O) groups excluding carboxylic acids is 1. The Kier molecular flexibility index (Phi) is 3.48. The summed E-state index contributed by atoms with van der Waals surface area (Å²) in [6, 6.07) is 10.1. The zero-order chi connectivity index (χ0) is 14.0. The van der Waals surface area contributed by atoms with Crippen LogP contribution in [0.5, 0.6) is 0 Å². The average molecular weight is 268 g/mol. The van der Waals surface area contributed by atoms with E-state index >= 15 is 0 Å². The summed E-state index contributed by atoms with van der Waals surface area (Å²) in [6.07, 6.45) is 7.33. The number of nitrogens with zero attached hydrogens (tertiary/aromatic N) is 1. The lowest BCUT2D eigenvalue weighted by molar-refractivity contribution is -0.121. The van der Waals surface area contributed by atoms with Crippen LogP contribution >= 0.6 is 0 Å². The molecule has 0 spiro atoms. The predicted molar refractivity (Wildman–Crippen MR) is 78.2 cm³/mol. The van der Waals surface area contributed by atoms with Gasteiger partial charge in [0.15, 0.2) is 0 Å². The fourth-order valence-corrected chi connectivity index (χ4v) is 3.84. The first kappa shape index (κ1) is 13.2. The molecule has 1 fully saturated rings. The maximum atomic E-state index is 12.6. The second-order valence-electron chi connectivity index (χ2n) is 6.12. The minimum Gasteiger partial charge on any atom is -0.325 e. The molecule has 20 heavy (non-hydrogen) atoms. The molecule has 3 nitrogen and oxygen atoms in total. The molecule has 1 aromatic rings. The summed E-state index contributed by atoms with van der Waals surface area (Å²) in [6.45, 7) is 0. The van der Waals surface area contributed by atoms with Gasteiger partial charge >= 0.3 is 0 Å². The van der Waals surface area contributed by atoms with E-state index in [1.807, 2.05) is 24.3 Å². The van der Waals surface area contributed by atoms with Gasteiger partial charge in [-0.3, -0.25) is 4.79 Å². The molecule has 1 heterocycles. The molecule has 0 bridgehead atoms. The lowest BCUT2D eigenvalue weighted by Crippen LogP contribution is -2.36. The van der Waals surface area contributed by atoms with E-state index in [1.54, 1.807) is 0 Å². The summed E-state index contributed by atoms with van der Waals surface area (Å²) in [5.74, 6) is 0.597. The van der Waals surface area contributed by atoms with Gasteiger partial charge in [0.1, 0.15) is 0 Å². The third-order valence-electron chi connectivity index (χ3n) is 4.87. The fraction of sp³-hybridized carbons (Fsp3) is 0.529. The van der Waals surface area contributed by atoms with Gasteiger partial charge in [-0.25, -0.2) is 0 Å². The van der Waals surface area contributed by atoms with Crippen LogP contribution in [0.3, 0.4) is 0 Å². The third kappa shape index (κ3) is 2.10. The summed E-state index contributed by atoms with van der Waals surface area (Å²) < 4.78 is 0. The van der Waals surface area contributed by atoms with Crippen molar-refractivity contribution in [1.82, 2.24) is 0 Å². The number of nitrogens with one attached hydrogen (secondary N) is 1. The van der Waals surface area contributed by atoms with Gasteiger partial charge in [-0.2, -0.15) is 5.26 Å². The van der Waals surface area contributed by atoms with Crippen molar-refractivity contribution in [2.45, 2.75) is 50.4 Å². The van der Waals surface area contributed by atoms with Crippen molar-refractivity contribution in [3.63, 3.8) is 0 Å². The maximum absolute atomic E-state index is 12.6. The Bertz CT molecular complexity index is 554. The van der Waals surface area contributed by atoms with E-state index in [1.165, 1.54) is 32.1 Å². The monoisotopic (exact) mass is 268 g/mol. The summed E-state index contributed by atoms with van der Waals surface area (Å²) in [5, 5.41) is 12.2. The zero-order valence-electron chi connectivity index (χ0n) is 11.7. The van der Waals surface area contributed by atoms with Crippen LogP contribution in [-0.4, -0.2) is 5.91 Å². The van der Waals surface area contributed by atoms with Crippen LogP contribution in [0.4, 0.5) is 5.69 Å². The van der Waals surface area contributed by atoms with Crippen LogP contribution in [0.2, 0.25) is 0 Å². The van der Waals surface area contributed by atoms with Crippen LogP contribution in [0.15, 0.2) is 24.3 Å². The maximum Gasteiger partial charge on any atom is 0.236 e. The second kappa shape index (κ2) is 5.28. The van der Waals surface area contributed by atoms with E-state index in [2.05, 4.69) is 11.4 Å². The van der Waals surface area contributed by atoms with Crippen LogP contribution in [0, 0.1) is 17.2 Å². The molecule has 0 aromatic heterocycles. The summed E-state index contributed by atoms with van der Waals surface area (Å²) in [4.78, 5) is 12.6. The molecule has 0 saturated heterocycles. The minimum absolute atomic E-state index is 0.0193. The fourth-order valence-electron chi connectivity index (χ4n) is 3.84. The Balaban J connectivity index is 1.95. The molecule has 1 saturated carbocycles. The second-order valence-corrected chi connectivity index (χ2v) is 6.12. The van der Waals surface area contributed by atoms with Crippen molar-refractivity contribution in [3.05, 3.63) is 29.8 Å². The van der Waals surface area contributed by atoms with Crippen molar-refractivity contribution in [3.8, 4) is 6.07 Å². The molecule has 1 amide bonds. The number of fused-ring (bicyclic) bond motifs is 1. The predicted octanol–water partition coefficient (Wildman–Crippen LogP) is 3.76. The number of hydrogen-bond acceptors (Lipinski definition) is 2. The molecule has 3 rings (SSSR count). The van der Waals surface area contributed by atoms with E-state index in [4.69, 9.17) is 0 Å². The lowest BCUT2D eigenvalue weighted by Gasteiger charge is -2.31. The lowest BCUT2D eigenvalue weighted by atomic mass is 9.69. The van der Waals surface area contributed by atoms with Gasteiger partial charge in [-0.05, 0) is 24.0 Å². The van der Waals surface area contributed by atoms with Crippen LogP contribution in [0.1, 0.15) is 50.5 Å². The molecular weight excluding hydrogens is 248 g/mol. The first-order valence-electron chi connectivity index (χ1n) is 7.54. The van der Waals surface area contributed by atoms with Gasteiger partial charge in [0.05, 0.1) is 17.9 Å². The van der Waals surface area contributed by atoms with Crippen molar-refractivity contribution in [1.29, 1.82) is 5.26 Å². The van der Waals surface area contributed by atoms with Gasteiger partial charge in [0, 0.05) is 5.69 Å². The first-order chi connectivity index (χ1) is 9.76. The van der Waals surface area contributed by atoms with E-state index in [0.717, 1.165) is 17.7 Å². The van der Waals surface area contributed by atoms with Gasteiger partial charge in [-0.15, -0.1) is 0 Å². The molecule has 1 aliphatic carbocycles. The molecule has 104 valence electrons. The largest absolute Gasteiger partial charge is 0.325 e. The molecule has 0 radical (unpaired) electrons. The standard InChI is InChI=1S/C17H20N2O/c18-11-10-17(12-13-6-2-1-3-7-13)14-8-4-5-9-15(14)19-16(17)20/h4-5,8-9,13H,1-3,6-7,10,12H2,(H,19,20)/t17-/m1/s1. The van der Waals surface area contributed by atoms with Crippen molar-refractivity contribution < 1.29 is 4.79 Å². The highest BCUT2D eigenvalue weighted by molar-refractivity contribution is 6.06. The molecular formula is C17H20N2O. The number of carbonyl (C=O) groups is 1. The minimum atomic E-state index is -0.618. The highest BCUT2D eigenvalue weighted by atomic mass is 16.2. The Morgan fingerprint density at radius 2 is 2.00 bits per heavy atom. The molecule has 1 aliphatic heterocycles. The molecule has 1 aromatic carbocycles. The summed E-state index contributed by atoms with van der Waals surface area (Å²) in [7, 11) is 0. The number of hydrogen-bond donors (Lipinski definition) is 1. The number of anilines is 1. The topological polar surface area (TPSA) is 52.9 Å². The molecule has 1 N–H and O–H groups in total. The van der Waals surface area contributed by atoms with E-state index in [0.29, 0.717) is 5.92 Å². The van der Waals surface area contributed by atoms with Crippen LogP contribution in [0.25, 0.3) is 0 Å². The number of amides is 1. The van der Waals surface area contributed by atoms with Crippen molar-refractivity contribution in [2.75, 3.05) is 5.32 Å². The smallest absolute Gasteiger partial charge is 0.236 e. The number of para-hydroxylation sites is 1. The Morgan fingerprint density at radius 1 is 1.25 bits per heavy atom. The molecule has 0 unspecified atom stereocenters. The van der Waals surface area contributed by atoms with E-state index < -0.39 is 5.41 Å². The van der Waals surface area contributed by atoms with E-state index in [9.17, 15) is 10.1 Å². The number of nitriles is 1. The van der Waals surface area contributed by atoms with E-state index in [-0.39, 0.29) is 12.3 Å². The molecule has 3 heteroatoms. The Hall–Kier alpha value is -1.82. The summed E-state index contributed by atoms with van der Waals surface area (Å²) in [5.41, 5.74) is 1.30. The van der Waals surface area contributed by atoms with Gasteiger partial charge < -0.3 is 5.32 Å². The Morgan fingerprint density at radius 3 is 2.75 bits per heavy atom. The van der Waals surface area contributed by atoms with Crippen LogP contribution < -0.4 is 5.32 Å². The van der Waals surface area contributed by atoms with Crippen molar-refractivity contribution >= 4 is 11.6 Å². The van der Waals surface area contributed by atoms with Crippen molar-refractivity contribution in [2.24, 2.45) is 5.92 Å². The van der Waals surface area contributed by atoms with Crippen LogP contribution in [-0.2, 0) is 10.2 Å². The average Bonchev–Trinajstić information content (AvgIpc) is 2.74. The quantitative estimate of drug-likeness (QED) is 0.907. The number of benzene rings is 1. The normalized spacial score (nSPS) is 25.9. The van der Waals surface area contributed by atoms with Gasteiger partial charge in [-0.1, -0.05) is 50.3 Å². The van der Waals surface area contributed by atoms with Gasteiger partial charge in [0.25, 0.3) is 0 Å². The van der Waals surface area contributed by atoms with Gasteiger partial charge in [0.2, 0.25) is 5.91 Å². The number of rotatable bonds is 3. The SMILES string of the molecule is N#CC[C@]1(CC2CCCCC2)C(=O)Nc2ccccc21. The zero-order valence-corrected chi connectivity index (χ0v) is 11.7. The third-order valence-corrected chi connectivity index (χ3v) is 4.87. The summed E-state index contributed by atoms with van der Waals surface area (Å²) >= 11 is 0. The molecule has 1 atom stereocenters. The highest BCUT2D eigenvalue weighted by Crippen LogP contribution is 2.46. The molecule has 2 aliphatic rings. The highest BCUT2D eigenvalue weighted by Gasteiger charge is 2.47. The first-order valence-corrected chi connectivity index (χ1v) is 7.54.